The van der Waals surface area contributed by atoms with Gasteiger partial charge in [-0.25, -0.2) is 4.39 Å². The molecule has 0 heterocycles. The molecule has 0 radical (unpaired) electrons. The molecule has 0 aromatic heterocycles. The van der Waals surface area contributed by atoms with Gasteiger partial charge < -0.3 is 10.6 Å². The molecule has 6 heteroatoms. The Morgan fingerprint density at radius 2 is 1.88 bits per heavy atom. The zero-order valence-electron chi connectivity index (χ0n) is 9.61. The molecule has 0 aliphatic rings. The molecule has 17 heavy (non-hydrogen) atoms. The van der Waals surface area contributed by atoms with E-state index < -0.39 is 18.5 Å². The van der Waals surface area contributed by atoms with Crippen LogP contribution in [-0.2, 0) is 0 Å². The number of halogens is 4. The van der Waals surface area contributed by atoms with Crippen LogP contribution in [0.4, 0.5) is 28.9 Å². The first-order chi connectivity index (χ1) is 7.74. The second-order valence-corrected chi connectivity index (χ2v) is 3.79. The number of aryl methyl sites for hydroxylation is 1. The highest BCUT2D eigenvalue weighted by Gasteiger charge is 2.31. The minimum atomic E-state index is -4.31. The maximum Gasteiger partial charge on any atom is 0.405 e. The molecule has 0 bridgehead atoms. The van der Waals surface area contributed by atoms with E-state index in [1.807, 2.05) is 0 Å². The highest BCUT2D eigenvalue weighted by molar-refractivity contribution is 5.68. The highest BCUT2D eigenvalue weighted by atomic mass is 19.4. The van der Waals surface area contributed by atoms with Gasteiger partial charge in [-0.05, 0) is 31.5 Å². The van der Waals surface area contributed by atoms with Crippen LogP contribution in [0.25, 0.3) is 0 Å². The largest absolute Gasteiger partial charge is 0.405 e. The summed E-state index contributed by atoms with van der Waals surface area (Å²) in [5.41, 5.74) is 6.03. The Balaban J connectivity index is 3.08. The number of hydrogen-bond donors (Lipinski definition) is 1. The van der Waals surface area contributed by atoms with Crippen LogP contribution < -0.4 is 10.6 Å². The Kier molecular flexibility index (Phi) is 3.85. The lowest BCUT2D eigenvalue weighted by Gasteiger charge is -2.26. The van der Waals surface area contributed by atoms with Gasteiger partial charge in [0, 0.05) is 6.54 Å². The summed E-state index contributed by atoms with van der Waals surface area (Å²) in [4.78, 5) is 1.07. The quantitative estimate of drug-likeness (QED) is 0.659. The van der Waals surface area contributed by atoms with Gasteiger partial charge in [-0.15, -0.1) is 0 Å². The van der Waals surface area contributed by atoms with E-state index in [9.17, 15) is 17.6 Å². The lowest BCUT2D eigenvalue weighted by Crippen LogP contribution is -2.34. The van der Waals surface area contributed by atoms with Crippen molar-refractivity contribution in [3.63, 3.8) is 0 Å². The van der Waals surface area contributed by atoms with Crippen LogP contribution in [0.2, 0.25) is 0 Å². The van der Waals surface area contributed by atoms with Crippen molar-refractivity contribution in [1.29, 1.82) is 0 Å². The average molecular weight is 250 g/mol. The number of anilines is 2. The molecular weight excluding hydrogens is 236 g/mol. The van der Waals surface area contributed by atoms with E-state index >= 15 is 0 Å². The van der Waals surface area contributed by atoms with Crippen LogP contribution in [0, 0.1) is 12.7 Å². The topological polar surface area (TPSA) is 29.3 Å². The second-order valence-electron chi connectivity index (χ2n) is 3.79. The van der Waals surface area contributed by atoms with Crippen molar-refractivity contribution in [3.05, 3.63) is 23.5 Å². The molecule has 0 atom stereocenters. The summed E-state index contributed by atoms with van der Waals surface area (Å²) in [6.45, 7) is 2.12. The van der Waals surface area contributed by atoms with Gasteiger partial charge in [0.2, 0.25) is 0 Å². The Bertz CT molecular complexity index is 401. The van der Waals surface area contributed by atoms with E-state index in [1.165, 1.54) is 13.0 Å². The van der Waals surface area contributed by atoms with E-state index in [2.05, 4.69) is 0 Å². The van der Waals surface area contributed by atoms with Gasteiger partial charge in [0.15, 0.2) is 0 Å². The summed E-state index contributed by atoms with van der Waals surface area (Å²) in [5, 5.41) is 0. The van der Waals surface area contributed by atoms with Crippen molar-refractivity contribution in [2.45, 2.75) is 20.0 Å². The van der Waals surface area contributed by atoms with Crippen molar-refractivity contribution >= 4 is 11.4 Å². The maximum absolute atomic E-state index is 13.1. The third-order valence-electron chi connectivity index (χ3n) is 2.40. The predicted octanol–water partition coefficient (Wildman–Crippen LogP) is 3.10. The standard InChI is InChI=1S/C11H14F4N2/c1-3-17(6-11(13,14)15)10-4-7(2)8(12)5-9(10)16/h4-5H,3,6,16H2,1-2H3. The molecule has 1 aromatic rings. The van der Waals surface area contributed by atoms with Crippen molar-refractivity contribution in [1.82, 2.24) is 0 Å². The molecule has 96 valence electrons. The fourth-order valence-corrected chi connectivity index (χ4v) is 1.54. The average Bonchev–Trinajstić information content (AvgIpc) is 2.19. The first-order valence-corrected chi connectivity index (χ1v) is 5.12. The van der Waals surface area contributed by atoms with Gasteiger partial charge in [-0.2, -0.15) is 13.2 Å². The van der Waals surface area contributed by atoms with E-state index in [0.29, 0.717) is 0 Å². The molecule has 0 aliphatic carbocycles. The van der Waals surface area contributed by atoms with Gasteiger partial charge in [-0.1, -0.05) is 0 Å². The highest BCUT2D eigenvalue weighted by Crippen LogP contribution is 2.29. The van der Waals surface area contributed by atoms with Crippen molar-refractivity contribution in [3.8, 4) is 0 Å². The molecule has 0 amide bonds. The normalized spacial score (nSPS) is 11.6. The molecule has 2 N–H and O–H groups in total. The number of alkyl halides is 3. The summed E-state index contributed by atoms with van der Waals surface area (Å²) < 4.78 is 50.1. The molecule has 2 nitrogen and oxygen atoms in total. The molecule has 0 aliphatic heterocycles. The zero-order valence-corrected chi connectivity index (χ0v) is 9.61. The van der Waals surface area contributed by atoms with Crippen LogP contribution in [0.1, 0.15) is 12.5 Å². The van der Waals surface area contributed by atoms with E-state index in [1.54, 1.807) is 6.92 Å². The van der Waals surface area contributed by atoms with Crippen LogP contribution >= 0.6 is 0 Å². The van der Waals surface area contributed by atoms with Gasteiger partial charge >= 0.3 is 6.18 Å². The molecule has 0 fully saturated rings. The van der Waals surface area contributed by atoms with Gasteiger partial charge in [0.25, 0.3) is 0 Å². The summed E-state index contributed by atoms with van der Waals surface area (Å²) in [5.74, 6) is -0.519. The minimum Gasteiger partial charge on any atom is -0.397 e. The van der Waals surface area contributed by atoms with Crippen LogP contribution in [0.5, 0.6) is 0 Å². The Labute approximate surface area is 97.0 Å². The minimum absolute atomic E-state index is 0.0131. The number of nitrogens with two attached hydrogens (primary N) is 1. The molecule has 0 saturated carbocycles. The summed E-state index contributed by atoms with van der Waals surface area (Å²) >= 11 is 0. The summed E-state index contributed by atoms with van der Waals surface area (Å²) in [6, 6.07) is 2.38. The molecular formula is C11H14F4N2. The molecule has 0 spiro atoms. The van der Waals surface area contributed by atoms with Crippen LogP contribution in [-0.4, -0.2) is 19.3 Å². The van der Waals surface area contributed by atoms with Gasteiger partial charge in [-0.3, -0.25) is 0 Å². The van der Waals surface area contributed by atoms with E-state index in [4.69, 9.17) is 5.73 Å². The molecule has 0 unspecified atom stereocenters. The Morgan fingerprint density at radius 1 is 1.29 bits per heavy atom. The Morgan fingerprint density at radius 3 is 2.35 bits per heavy atom. The van der Waals surface area contributed by atoms with Gasteiger partial charge in [0.1, 0.15) is 12.4 Å². The SMILES string of the molecule is CCN(CC(F)(F)F)c1cc(C)c(F)cc1N. The van der Waals surface area contributed by atoms with E-state index in [-0.39, 0.29) is 23.5 Å². The van der Waals surface area contributed by atoms with Crippen LogP contribution in [0.15, 0.2) is 12.1 Å². The first-order valence-electron chi connectivity index (χ1n) is 5.12. The lowest BCUT2D eigenvalue weighted by atomic mass is 10.1. The monoisotopic (exact) mass is 250 g/mol. The lowest BCUT2D eigenvalue weighted by molar-refractivity contribution is -0.119. The zero-order chi connectivity index (χ0) is 13.2. The number of nitrogen functional groups attached to an aromatic ring is 1. The fourth-order valence-electron chi connectivity index (χ4n) is 1.54. The molecule has 1 aromatic carbocycles. The number of hydrogen-bond acceptors (Lipinski definition) is 2. The second kappa shape index (κ2) is 4.81. The van der Waals surface area contributed by atoms with Crippen molar-refractivity contribution in [2.24, 2.45) is 0 Å². The van der Waals surface area contributed by atoms with Crippen molar-refractivity contribution < 1.29 is 17.6 Å². The number of nitrogens with zero attached hydrogens (tertiary/aromatic N) is 1. The number of rotatable bonds is 3. The Hall–Kier alpha value is -1.46. The van der Waals surface area contributed by atoms with Crippen molar-refractivity contribution in [2.75, 3.05) is 23.7 Å². The fraction of sp³-hybridized carbons (Fsp3) is 0.455. The van der Waals surface area contributed by atoms with Gasteiger partial charge in [0.05, 0.1) is 11.4 Å². The smallest absolute Gasteiger partial charge is 0.397 e. The van der Waals surface area contributed by atoms with Crippen LogP contribution in [0.3, 0.4) is 0 Å². The number of benzene rings is 1. The molecule has 1 rings (SSSR count). The third kappa shape index (κ3) is 3.51. The summed E-state index contributed by atoms with van der Waals surface area (Å²) in [7, 11) is 0. The molecule has 0 saturated heterocycles. The summed E-state index contributed by atoms with van der Waals surface area (Å²) in [6.07, 6.45) is -4.31. The predicted molar refractivity (Wildman–Crippen MR) is 59.5 cm³/mol. The first kappa shape index (κ1) is 13.6. The van der Waals surface area contributed by atoms with E-state index in [0.717, 1.165) is 11.0 Å². The maximum atomic E-state index is 13.1. The third-order valence-corrected chi connectivity index (χ3v) is 2.40.